The normalized spacial score (nSPS) is 14.6. The molecule has 0 unspecified atom stereocenters. The number of nitrogens with zero attached hydrogens (tertiary/aromatic N) is 3. The van der Waals surface area contributed by atoms with E-state index < -0.39 is 0 Å². The van der Waals surface area contributed by atoms with Crippen LogP contribution in [0.25, 0.3) is 28.2 Å². The van der Waals surface area contributed by atoms with E-state index in [1.54, 1.807) is 22.7 Å². The zero-order valence-corrected chi connectivity index (χ0v) is 17.1. The van der Waals surface area contributed by atoms with E-state index in [4.69, 9.17) is 5.10 Å². The monoisotopic (exact) mass is 414 g/mol. The number of amides is 1. The molecule has 2 aromatic heterocycles. The summed E-state index contributed by atoms with van der Waals surface area (Å²) in [5.41, 5.74) is 4.11. The van der Waals surface area contributed by atoms with Crippen molar-refractivity contribution in [1.29, 1.82) is 0 Å². The van der Waals surface area contributed by atoms with Crippen molar-refractivity contribution in [3.63, 3.8) is 0 Å². The molecule has 1 aliphatic rings. The summed E-state index contributed by atoms with van der Waals surface area (Å²) in [5, 5.41) is 7.86. The Bertz CT molecular complexity index is 1210. The second-order valence-electron chi connectivity index (χ2n) is 8.01. The van der Waals surface area contributed by atoms with Crippen molar-refractivity contribution in [2.75, 3.05) is 0 Å². The van der Waals surface area contributed by atoms with E-state index in [1.165, 1.54) is 18.6 Å². The molecule has 2 aromatic carbocycles. The molecule has 1 N–H and O–H groups in total. The van der Waals surface area contributed by atoms with Crippen LogP contribution in [0.3, 0.4) is 0 Å². The van der Waals surface area contributed by atoms with Crippen molar-refractivity contribution in [3.8, 4) is 22.5 Å². The van der Waals surface area contributed by atoms with E-state index >= 15 is 0 Å². The number of rotatable bonds is 4. The van der Waals surface area contributed by atoms with Crippen LogP contribution in [0, 0.1) is 5.82 Å². The maximum absolute atomic E-state index is 13.5. The summed E-state index contributed by atoms with van der Waals surface area (Å²) in [4.78, 5) is 17.6. The maximum atomic E-state index is 13.5. The van der Waals surface area contributed by atoms with E-state index in [-0.39, 0.29) is 17.8 Å². The van der Waals surface area contributed by atoms with Gasteiger partial charge in [0, 0.05) is 23.2 Å². The van der Waals surface area contributed by atoms with Gasteiger partial charge in [0.05, 0.1) is 11.4 Å². The summed E-state index contributed by atoms with van der Waals surface area (Å²) >= 11 is 0. The zero-order chi connectivity index (χ0) is 21.2. The van der Waals surface area contributed by atoms with Crippen LogP contribution < -0.4 is 5.32 Å². The summed E-state index contributed by atoms with van der Waals surface area (Å²) in [5.74, 6) is -0.491. The third-order valence-corrected chi connectivity index (χ3v) is 5.81. The van der Waals surface area contributed by atoms with Crippen molar-refractivity contribution in [2.24, 2.45) is 0 Å². The highest BCUT2D eigenvalue weighted by molar-refractivity contribution is 5.94. The molecule has 31 heavy (non-hydrogen) atoms. The lowest BCUT2D eigenvalue weighted by molar-refractivity contribution is 0.0923. The number of hydrogen-bond donors (Lipinski definition) is 1. The van der Waals surface area contributed by atoms with Crippen LogP contribution >= 0.6 is 0 Å². The molecular weight excluding hydrogens is 391 g/mol. The fourth-order valence-corrected chi connectivity index (χ4v) is 4.17. The first-order valence-electron chi connectivity index (χ1n) is 10.7. The number of aromatic nitrogens is 3. The molecule has 6 heteroatoms. The molecule has 156 valence electrons. The van der Waals surface area contributed by atoms with Gasteiger partial charge in [0.15, 0.2) is 5.65 Å². The molecular formula is C25H23FN4O. The fourth-order valence-electron chi connectivity index (χ4n) is 4.17. The van der Waals surface area contributed by atoms with Crippen molar-refractivity contribution in [3.05, 3.63) is 78.2 Å². The smallest absolute Gasteiger partial charge is 0.270 e. The Kier molecular flexibility index (Phi) is 5.20. The number of halogens is 1. The van der Waals surface area contributed by atoms with Crippen molar-refractivity contribution in [2.45, 2.75) is 38.1 Å². The number of fused-ring (bicyclic) bond motifs is 1. The van der Waals surface area contributed by atoms with Crippen molar-refractivity contribution < 1.29 is 9.18 Å². The van der Waals surface area contributed by atoms with E-state index in [1.807, 2.05) is 36.4 Å². The van der Waals surface area contributed by atoms with Gasteiger partial charge in [0.2, 0.25) is 0 Å². The van der Waals surface area contributed by atoms with E-state index in [0.29, 0.717) is 17.0 Å². The van der Waals surface area contributed by atoms with Crippen LogP contribution in [0.5, 0.6) is 0 Å². The predicted molar refractivity (Wildman–Crippen MR) is 118 cm³/mol. The van der Waals surface area contributed by atoms with Gasteiger partial charge in [-0.15, -0.1) is 0 Å². The fraction of sp³-hybridized carbons (Fsp3) is 0.240. The Morgan fingerprint density at radius 3 is 2.42 bits per heavy atom. The highest BCUT2D eigenvalue weighted by Crippen LogP contribution is 2.26. The van der Waals surface area contributed by atoms with Crippen LogP contribution in [0.4, 0.5) is 4.39 Å². The van der Waals surface area contributed by atoms with Gasteiger partial charge in [0.1, 0.15) is 11.5 Å². The Morgan fingerprint density at radius 1 is 0.935 bits per heavy atom. The van der Waals surface area contributed by atoms with Crippen LogP contribution in [0.15, 0.2) is 66.7 Å². The number of nitrogens with one attached hydrogen (secondary N) is 1. The highest BCUT2D eigenvalue weighted by atomic mass is 19.1. The lowest BCUT2D eigenvalue weighted by Gasteiger charge is -2.22. The summed E-state index contributed by atoms with van der Waals surface area (Å²) in [6.45, 7) is 0. The molecule has 0 aliphatic heterocycles. The number of benzene rings is 2. The largest absolute Gasteiger partial charge is 0.348 e. The number of carbonyl (C=O) groups is 1. The standard InChI is InChI=1S/C25H23FN4O/c26-19-13-11-18(12-14-19)23-15-22(25(31)27-20-9-5-2-6-10-20)28-24-16-21(29-30(23)24)17-7-3-1-4-8-17/h1,3-4,7-8,11-16,20H,2,5-6,9-10H2,(H,27,31). The van der Waals surface area contributed by atoms with Gasteiger partial charge in [-0.1, -0.05) is 49.6 Å². The first kappa shape index (κ1) is 19.4. The summed E-state index contributed by atoms with van der Waals surface area (Å²) < 4.78 is 15.2. The molecule has 0 radical (unpaired) electrons. The summed E-state index contributed by atoms with van der Waals surface area (Å²) in [6, 6.07) is 19.8. The molecule has 0 bridgehead atoms. The highest BCUT2D eigenvalue weighted by Gasteiger charge is 2.20. The topological polar surface area (TPSA) is 59.3 Å². The second-order valence-corrected chi connectivity index (χ2v) is 8.01. The van der Waals surface area contributed by atoms with Crippen molar-refractivity contribution >= 4 is 11.6 Å². The molecule has 1 fully saturated rings. The van der Waals surface area contributed by atoms with Gasteiger partial charge in [0.25, 0.3) is 5.91 Å². The molecule has 2 heterocycles. The first-order chi connectivity index (χ1) is 15.2. The Morgan fingerprint density at radius 2 is 1.68 bits per heavy atom. The second kappa shape index (κ2) is 8.30. The molecule has 1 amide bonds. The molecule has 0 spiro atoms. The van der Waals surface area contributed by atoms with Gasteiger partial charge < -0.3 is 5.32 Å². The van der Waals surface area contributed by atoms with E-state index in [0.717, 1.165) is 42.5 Å². The van der Waals surface area contributed by atoms with Crippen LogP contribution in [0.1, 0.15) is 42.6 Å². The average Bonchev–Trinajstić information content (AvgIpc) is 3.25. The summed E-state index contributed by atoms with van der Waals surface area (Å²) in [6.07, 6.45) is 5.51. The molecule has 5 rings (SSSR count). The predicted octanol–water partition coefficient (Wildman–Crippen LogP) is 5.26. The molecule has 1 saturated carbocycles. The molecule has 5 nitrogen and oxygen atoms in total. The molecule has 0 saturated heterocycles. The maximum Gasteiger partial charge on any atom is 0.270 e. The first-order valence-corrected chi connectivity index (χ1v) is 10.7. The minimum absolute atomic E-state index is 0.180. The number of carbonyl (C=O) groups excluding carboxylic acids is 1. The van der Waals surface area contributed by atoms with Gasteiger partial charge >= 0.3 is 0 Å². The van der Waals surface area contributed by atoms with Gasteiger partial charge in [-0.3, -0.25) is 4.79 Å². The Hall–Kier alpha value is -3.54. The van der Waals surface area contributed by atoms with Gasteiger partial charge in [-0.25, -0.2) is 13.9 Å². The third-order valence-electron chi connectivity index (χ3n) is 5.81. The minimum Gasteiger partial charge on any atom is -0.348 e. The van der Waals surface area contributed by atoms with Gasteiger partial charge in [-0.2, -0.15) is 5.10 Å². The third kappa shape index (κ3) is 4.06. The zero-order valence-electron chi connectivity index (χ0n) is 17.1. The van der Waals surface area contributed by atoms with Crippen LogP contribution in [-0.2, 0) is 0 Å². The van der Waals surface area contributed by atoms with Crippen LogP contribution in [0.2, 0.25) is 0 Å². The summed E-state index contributed by atoms with van der Waals surface area (Å²) in [7, 11) is 0. The quantitative estimate of drug-likeness (QED) is 0.495. The molecule has 1 aliphatic carbocycles. The van der Waals surface area contributed by atoms with E-state index in [9.17, 15) is 9.18 Å². The number of hydrogen-bond acceptors (Lipinski definition) is 3. The van der Waals surface area contributed by atoms with E-state index in [2.05, 4.69) is 10.3 Å². The Balaban J connectivity index is 1.59. The van der Waals surface area contributed by atoms with Crippen LogP contribution in [-0.4, -0.2) is 26.5 Å². The van der Waals surface area contributed by atoms with Crippen molar-refractivity contribution in [1.82, 2.24) is 19.9 Å². The minimum atomic E-state index is -0.310. The lowest BCUT2D eigenvalue weighted by Crippen LogP contribution is -2.36. The average molecular weight is 414 g/mol. The SMILES string of the molecule is O=C(NC1CCCCC1)c1cc(-c2ccc(F)cc2)n2nc(-c3ccccc3)cc2n1. The lowest BCUT2D eigenvalue weighted by atomic mass is 9.95. The molecule has 0 atom stereocenters. The Labute approximate surface area is 179 Å². The van der Waals surface area contributed by atoms with Gasteiger partial charge in [-0.05, 0) is 43.2 Å². The molecule has 4 aromatic rings.